The van der Waals surface area contributed by atoms with E-state index in [4.69, 9.17) is 9.15 Å². The zero-order valence-corrected chi connectivity index (χ0v) is 14.7. The van der Waals surface area contributed by atoms with Gasteiger partial charge in [0, 0.05) is 23.1 Å². The number of carbonyl (C=O) groups excluding carboxylic acids is 1. The minimum absolute atomic E-state index is 0.235. The molecule has 0 saturated heterocycles. The molecule has 0 amide bonds. The van der Waals surface area contributed by atoms with Crippen LogP contribution in [0.4, 0.5) is 4.39 Å². The molecule has 1 heterocycles. The Morgan fingerprint density at radius 3 is 2.54 bits per heavy atom. The molecule has 4 aromatic rings. The second kappa shape index (κ2) is 7.48. The van der Waals surface area contributed by atoms with Crippen molar-refractivity contribution in [1.29, 1.82) is 0 Å². The summed E-state index contributed by atoms with van der Waals surface area (Å²) in [6, 6.07) is 21.5. The molecule has 0 aliphatic carbocycles. The van der Waals surface area contributed by atoms with Crippen LogP contribution in [0.2, 0.25) is 0 Å². The van der Waals surface area contributed by atoms with Gasteiger partial charge in [-0.15, -0.1) is 0 Å². The Balaban J connectivity index is 1.62. The van der Waals surface area contributed by atoms with Gasteiger partial charge in [-0.2, -0.15) is 0 Å². The summed E-state index contributed by atoms with van der Waals surface area (Å²) >= 11 is 0. The third kappa shape index (κ3) is 3.69. The molecule has 0 unspecified atom stereocenters. The van der Waals surface area contributed by atoms with Gasteiger partial charge in [0.2, 0.25) is 0 Å². The summed E-state index contributed by atoms with van der Waals surface area (Å²) in [4.78, 5) is 24.1. The Labute approximate surface area is 159 Å². The van der Waals surface area contributed by atoms with Crippen LogP contribution in [0.25, 0.3) is 22.1 Å². The van der Waals surface area contributed by atoms with Gasteiger partial charge in [-0.25, -0.2) is 9.18 Å². The second-order valence-corrected chi connectivity index (χ2v) is 6.23. The Kier molecular flexibility index (Phi) is 4.72. The number of rotatable bonds is 5. The maximum atomic E-state index is 13.2. The van der Waals surface area contributed by atoms with E-state index in [9.17, 15) is 14.0 Å². The van der Waals surface area contributed by atoms with E-state index in [0.29, 0.717) is 11.3 Å². The van der Waals surface area contributed by atoms with Gasteiger partial charge >= 0.3 is 5.63 Å². The molecule has 0 aliphatic heterocycles. The average molecular weight is 374 g/mol. The number of ether oxygens (including phenoxy) is 1. The van der Waals surface area contributed by atoms with Crippen LogP contribution in [0.5, 0.6) is 5.75 Å². The van der Waals surface area contributed by atoms with Crippen molar-refractivity contribution in [2.75, 3.05) is 6.61 Å². The van der Waals surface area contributed by atoms with Crippen LogP contribution in [0, 0.1) is 5.82 Å². The van der Waals surface area contributed by atoms with Gasteiger partial charge in [0.05, 0.1) is 0 Å². The minimum Gasteiger partial charge on any atom is -0.485 e. The highest BCUT2D eigenvalue weighted by atomic mass is 19.1. The second-order valence-electron chi connectivity index (χ2n) is 6.23. The predicted octanol–water partition coefficient (Wildman–Crippen LogP) is 4.86. The molecular formula is C23H15FO4. The zero-order valence-electron chi connectivity index (χ0n) is 14.7. The zero-order chi connectivity index (χ0) is 19.5. The molecule has 3 aromatic carbocycles. The predicted molar refractivity (Wildman–Crippen MR) is 104 cm³/mol. The molecule has 28 heavy (non-hydrogen) atoms. The molecule has 0 aliphatic rings. The summed E-state index contributed by atoms with van der Waals surface area (Å²) in [6.07, 6.45) is 0. The lowest BCUT2D eigenvalue weighted by atomic mass is 10.0. The molecule has 0 atom stereocenters. The number of ketones is 1. The molecule has 4 nitrogen and oxygen atoms in total. The number of fused-ring (bicyclic) bond motifs is 1. The molecule has 0 fully saturated rings. The fourth-order valence-electron chi connectivity index (χ4n) is 2.98. The Morgan fingerprint density at radius 2 is 1.75 bits per heavy atom. The molecule has 138 valence electrons. The topological polar surface area (TPSA) is 56.5 Å². The average Bonchev–Trinajstić information content (AvgIpc) is 2.71. The monoisotopic (exact) mass is 374 g/mol. The first kappa shape index (κ1) is 17.7. The van der Waals surface area contributed by atoms with Crippen molar-refractivity contribution in [2.24, 2.45) is 0 Å². The minimum atomic E-state index is -0.480. The van der Waals surface area contributed by atoms with Crippen LogP contribution < -0.4 is 10.4 Å². The van der Waals surface area contributed by atoms with E-state index in [1.54, 1.807) is 18.2 Å². The van der Waals surface area contributed by atoms with Gasteiger partial charge in [0.25, 0.3) is 0 Å². The Morgan fingerprint density at radius 1 is 0.929 bits per heavy atom. The van der Waals surface area contributed by atoms with Crippen LogP contribution >= 0.6 is 0 Å². The SMILES string of the molecule is O=C(COc1ccc2c(-c3ccccc3)cc(=O)oc2c1)c1cccc(F)c1. The van der Waals surface area contributed by atoms with E-state index in [-0.39, 0.29) is 18.0 Å². The third-order valence-corrected chi connectivity index (χ3v) is 4.32. The Bertz CT molecular complexity index is 1210. The van der Waals surface area contributed by atoms with Crippen molar-refractivity contribution in [3.63, 3.8) is 0 Å². The fraction of sp³-hybridized carbons (Fsp3) is 0.0435. The van der Waals surface area contributed by atoms with Gasteiger partial charge in [-0.1, -0.05) is 42.5 Å². The molecule has 0 bridgehead atoms. The fourth-order valence-corrected chi connectivity index (χ4v) is 2.98. The van der Waals surface area contributed by atoms with Crippen LogP contribution in [0.3, 0.4) is 0 Å². The lowest BCUT2D eigenvalue weighted by Gasteiger charge is -2.09. The highest BCUT2D eigenvalue weighted by molar-refractivity contribution is 5.97. The van der Waals surface area contributed by atoms with E-state index >= 15 is 0 Å². The van der Waals surface area contributed by atoms with Crippen molar-refractivity contribution in [2.45, 2.75) is 0 Å². The van der Waals surface area contributed by atoms with Crippen molar-refractivity contribution >= 4 is 16.8 Å². The molecular weight excluding hydrogens is 359 g/mol. The lowest BCUT2D eigenvalue weighted by molar-refractivity contribution is 0.0921. The maximum Gasteiger partial charge on any atom is 0.336 e. The van der Waals surface area contributed by atoms with Gasteiger partial charge in [-0.05, 0) is 35.4 Å². The smallest absolute Gasteiger partial charge is 0.336 e. The van der Waals surface area contributed by atoms with E-state index in [1.165, 1.54) is 24.3 Å². The van der Waals surface area contributed by atoms with E-state index < -0.39 is 11.4 Å². The summed E-state index contributed by atoms with van der Waals surface area (Å²) < 4.78 is 24.1. The summed E-state index contributed by atoms with van der Waals surface area (Å²) in [6.45, 7) is -0.252. The summed E-state index contributed by atoms with van der Waals surface area (Å²) in [5, 5.41) is 0.759. The largest absolute Gasteiger partial charge is 0.485 e. The van der Waals surface area contributed by atoms with Crippen LogP contribution in [0.1, 0.15) is 10.4 Å². The number of benzene rings is 3. The molecule has 4 rings (SSSR count). The number of carbonyl (C=O) groups is 1. The highest BCUT2D eigenvalue weighted by Gasteiger charge is 2.11. The van der Waals surface area contributed by atoms with Crippen molar-refractivity contribution in [3.05, 3.63) is 101 Å². The van der Waals surface area contributed by atoms with E-state index in [1.807, 2.05) is 30.3 Å². The highest BCUT2D eigenvalue weighted by Crippen LogP contribution is 2.29. The number of hydrogen-bond acceptors (Lipinski definition) is 4. The van der Waals surface area contributed by atoms with E-state index in [0.717, 1.165) is 22.6 Å². The van der Waals surface area contributed by atoms with Crippen LogP contribution in [-0.4, -0.2) is 12.4 Å². The normalized spacial score (nSPS) is 10.8. The Hall–Kier alpha value is -3.73. The van der Waals surface area contributed by atoms with Gasteiger partial charge in [0.15, 0.2) is 12.4 Å². The molecule has 0 spiro atoms. The van der Waals surface area contributed by atoms with Crippen molar-refractivity contribution in [3.8, 4) is 16.9 Å². The van der Waals surface area contributed by atoms with Gasteiger partial charge in [-0.3, -0.25) is 4.79 Å². The summed E-state index contributed by atoms with van der Waals surface area (Å²) in [7, 11) is 0. The van der Waals surface area contributed by atoms with Crippen molar-refractivity contribution in [1.82, 2.24) is 0 Å². The summed E-state index contributed by atoms with van der Waals surface area (Å²) in [5.74, 6) is -0.448. The molecule has 0 N–H and O–H groups in total. The third-order valence-electron chi connectivity index (χ3n) is 4.32. The van der Waals surface area contributed by atoms with Crippen LogP contribution in [0.15, 0.2) is 88.1 Å². The number of Topliss-reactive ketones (excluding diaryl/α,β-unsaturated/α-hetero) is 1. The number of hydrogen-bond donors (Lipinski definition) is 0. The molecule has 5 heteroatoms. The molecule has 0 radical (unpaired) electrons. The molecule has 1 aromatic heterocycles. The van der Waals surface area contributed by atoms with Gasteiger partial charge < -0.3 is 9.15 Å². The van der Waals surface area contributed by atoms with Gasteiger partial charge in [0.1, 0.15) is 17.1 Å². The summed E-state index contributed by atoms with van der Waals surface area (Å²) in [5.41, 5.74) is 1.78. The lowest BCUT2D eigenvalue weighted by Crippen LogP contribution is -2.11. The van der Waals surface area contributed by atoms with E-state index in [2.05, 4.69) is 0 Å². The standard InChI is InChI=1S/C23H15FO4/c24-17-8-4-7-16(11-17)21(25)14-27-18-9-10-19-20(15-5-2-1-3-6-15)13-23(26)28-22(19)12-18/h1-13H,14H2. The first-order chi connectivity index (χ1) is 13.6. The van der Waals surface area contributed by atoms with Crippen LogP contribution in [-0.2, 0) is 0 Å². The molecule has 0 saturated carbocycles. The van der Waals surface area contributed by atoms with Crippen molar-refractivity contribution < 1.29 is 18.3 Å². The quantitative estimate of drug-likeness (QED) is 0.370. The maximum absolute atomic E-state index is 13.2. The number of halogens is 1. The first-order valence-electron chi connectivity index (χ1n) is 8.65. The first-order valence-corrected chi connectivity index (χ1v) is 8.65.